The van der Waals surface area contributed by atoms with Gasteiger partial charge in [0, 0.05) is 43.9 Å². The number of benzene rings is 1. The molecule has 2 aliphatic heterocycles. The van der Waals surface area contributed by atoms with Gasteiger partial charge in [0.05, 0.1) is 18.2 Å². The van der Waals surface area contributed by atoms with Crippen molar-refractivity contribution < 1.29 is 19.4 Å². The Morgan fingerprint density at radius 1 is 1.24 bits per heavy atom. The van der Waals surface area contributed by atoms with Crippen LogP contribution in [0.4, 0.5) is 0 Å². The van der Waals surface area contributed by atoms with E-state index in [1.165, 1.54) is 16.8 Å². The van der Waals surface area contributed by atoms with E-state index in [2.05, 4.69) is 4.98 Å². The summed E-state index contributed by atoms with van der Waals surface area (Å²) in [5.41, 5.74) is 3.15. The molecule has 2 fully saturated rings. The average Bonchev–Trinajstić information content (AvgIpc) is 2.80. The van der Waals surface area contributed by atoms with Crippen molar-refractivity contribution in [3.63, 3.8) is 0 Å². The molecule has 178 valence electrons. The summed E-state index contributed by atoms with van der Waals surface area (Å²) in [5, 5.41) is 10.9. The van der Waals surface area contributed by atoms with Gasteiger partial charge in [0.15, 0.2) is 0 Å². The molecular formula is C23H30N4O6. The van der Waals surface area contributed by atoms with Crippen LogP contribution in [0.1, 0.15) is 42.6 Å². The Morgan fingerprint density at radius 3 is 2.58 bits per heavy atom. The number of aliphatic hydroxyl groups is 1. The number of ether oxygens (including phenoxy) is 2. The van der Waals surface area contributed by atoms with Crippen molar-refractivity contribution in [3.05, 3.63) is 62.9 Å². The molecule has 2 atom stereocenters. The Morgan fingerprint density at radius 2 is 1.94 bits per heavy atom. The Balaban J connectivity index is 1.44. The summed E-state index contributed by atoms with van der Waals surface area (Å²) < 4.78 is 13.0. The summed E-state index contributed by atoms with van der Waals surface area (Å²) in [7, 11) is 0. The summed E-state index contributed by atoms with van der Waals surface area (Å²) in [6, 6.07) is 7.71. The zero-order valence-electron chi connectivity index (χ0n) is 18.7. The highest BCUT2D eigenvalue weighted by atomic mass is 16.5. The zero-order valence-corrected chi connectivity index (χ0v) is 18.7. The lowest BCUT2D eigenvalue weighted by Crippen LogP contribution is -2.58. The monoisotopic (exact) mass is 458 g/mol. The van der Waals surface area contributed by atoms with Crippen LogP contribution < -0.4 is 21.7 Å². The van der Waals surface area contributed by atoms with Crippen LogP contribution in [0.2, 0.25) is 0 Å². The fourth-order valence-corrected chi connectivity index (χ4v) is 4.62. The molecule has 0 bridgehead atoms. The number of likely N-dealkylation sites (tertiary alicyclic amines) is 1. The van der Waals surface area contributed by atoms with Gasteiger partial charge in [0.25, 0.3) is 11.5 Å². The predicted molar refractivity (Wildman–Crippen MR) is 120 cm³/mol. The van der Waals surface area contributed by atoms with E-state index in [1.54, 1.807) is 36.1 Å². The fraction of sp³-hybridized carbons (Fsp3) is 0.522. The van der Waals surface area contributed by atoms with Crippen molar-refractivity contribution in [2.75, 3.05) is 32.8 Å². The Kier molecular flexibility index (Phi) is 6.42. The molecule has 0 radical (unpaired) electrons. The maximum atomic E-state index is 13.0. The summed E-state index contributed by atoms with van der Waals surface area (Å²) in [4.78, 5) is 40.8. The van der Waals surface area contributed by atoms with E-state index < -0.39 is 28.5 Å². The highest BCUT2D eigenvalue weighted by molar-refractivity contribution is 5.94. The molecular weight excluding hydrogens is 428 g/mol. The van der Waals surface area contributed by atoms with Crippen LogP contribution >= 0.6 is 0 Å². The number of H-pyrrole nitrogens is 1. The molecule has 3 heterocycles. The first-order chi connectivity index (χ1) is 15.7. The van der Waals surface area contributed by atoms with E-state index in [4.69, 9.17) is 15.2 Å². The second-order valence-corrected chi connectivity index (χ2v) is 9.02. The van der Waals surface area contributed by atoms with Crippen LogP contribution in [0.15, 0.2) is 46.1 Å². The number of carbonyl (C=O) groups excluding carboxylic acids is 1. The molecule has 4 rings (SSSR count). The van der Waals surface area contributed by atoms with E-state index in [1.807, 2.05) is 0 Å². The first kappa shape index (κ1) is 23.2. The number of rotatable bonds is 5. The Hall–Kier alpha value is -2.95. The number of carbonyl (C=O) groups is 1. The molecule has 10 heteroatoms. The first-order valence-electron chi connectivity index (χ1n) is 11.1. The summed E-state index contributed by atoms with van der Waals surface area (Å²) in [6.07, 6.45) is 2.99. The maximum absolute atomic E-state index is 13.0. The molecule has 2 saturated heterocycles. The van der Waals surface area contributed by atoms with Gasteiger partial charge in [-0.1, -0.05) is 0 Å². The number of hydrogen-bond acceptors (Lipinski definition) is 7. The number of aromatic nitrogens is 2. The number of amides is 1. The lowest BCUT2D eigenvalue weighted by atomic mass is 9.77. The van der Waals surface area contributed by atoms with Gasteiger partial charge in [-0.15, -0.1) is 0 Å². The normalized spacial score (nSPS) is 24.6. The van der Waals surface area contributed by atoms with Crippen LogP contribution in [0.5, 0.6) is 5.75 Å². The molecule has 1 spiro atoms. The smallest absolute Gasteiger partial charge is 0.328 e. The van der Waals surface area contributed by atoms with Gasteiger partial charge in [-0.05, 0) is 44.0 Å². The molecule has 33 heavy (non-hydrogen) atoms. The van der Waals surface area contributed by atoms with Crippen molar-refractivity contribution in [3.8, 4) is 5.75 Å². The van der Waals surface area contributed by atoms with Crippen molar-refractivity contribution >= 4 is 5.91 Å². The lowest BCUT2D eigenvalue weighted by Gasteiger charge is -2.51. The fourth-order valence-electron chi connectivity index (χ4n) is 4.62. The number of piperidine rings is 1. The first-order valence-corrected chi connectivity index (χ1v) is 11.1. The number of nitrogens with two attached hydrogens (primary N) is 1. The Labute approximate surface area is 190 Å². The van der Waals surface area contributed by atoms with Gasteiger partial charge in [0.1, 0.15) is 18.0 Å². The average molecular weight is 459 g/mol. The van der Waals surface area contributed by atoms with Gasteiger partial charge in [-0.25, -0.2) is 4.79 Å². The van der Waals surface area contributed by atoms with Gasteiger partial charge in [-0.2, -0.15) is 0 Å². The van der Waals surface area contributed by atoms with E-state index >= 15 is 0 Å². The molecule has 1 aromatic carbocycles. The zero-order chi connectivity index (χ0) is 23.6. The molecule has 4 N–H and O–H groups in total. The van der Waals surface area contributed by atoms with Gasteiger partial charge in [-0.3, -0.25) is 19.1 Å². The number of hydrogen-bond donors (Lipinski definition) is 3. The maximum Gasteiger partial charge on any atom is 0.328 e. The molecule has 1 amide bonds. The predicted octanol–water partition coefficient (Wildman–Crippen LogP) is 0.262. The largest absolute Gasteiger partial charge is 0.492 e. The minimum absolute atomic E-state index is 0.0570. The highest BCUT2D eigenvalue weighted by Gasteiger charge is 2.49. The SMILES string of the molecule is C[C@]1(O)COC2(CCN(C(=O)c3ccc(OCCN)cc3)CC2)C[C@@H]1n1ccc(=O)[nH]c1=O. The van der Waals surface area contributed by atoms with Crippen LogP contribution in [0.3, 0.4) is 0 Å². The molecule has 2 aliphatic rings. The van der Waals surface area contributed by atoms with Crippen molar-refractivity contribution in [1.82, 2.24) is 14.5 Å². The minimum Gasteiger partial charge on any atom is -0.492 e. The molecule has 10 nitrogen and oxygen atoms in total. The van der Waals surface area contributed by atoms with Crippen LogP contribution in [-0.2, 0) is 4.74 Å². The summed E-state index contributed by atoms with van der Waals surface area (Å²) >= 11 is 0. The lowest BCUT2D eigenvalue weighted by molar-refractivity contribution is -0.199. The third kappa shape index (κ3) is 4.87. The van der Waals surface area contributed by atoms with E-state index in [0.29, 0.717) is 56.8 Å². The van der Waals surface area contributed by atoms with Crippen LogP contribution in [0.25, 0.3) is 0 Å². The van der Waals surface area contributed by atoms with Crippen molar-refractivity contribution in [1.29, 1.82) is 0 Å². The summed E-state index contributed by atoms with van der Waals surface area (Å²) in [5.74, 6) is 0.604. The number of nitrogens with zero attached hydrogens (tertiary/aromatic N) is 2. The second-order valence-electron chi connectivity index (χ2n) is 9.02. The minimum atomic E-state index is -1.27. The second kappa shape index (κ2) is 9.12. The number of nitrogens with one attached hydrogen (secondary N) is 1. The quantitative estimate of drug-likeness (QED) is 0.584. The van der Waals surface area contributed by atoms with Crippen molar-refractivity contribution in [2.24, 2.45) is 5.73 Å². The highest BCUT2D eigenvalue weighted by Crippen LogP contribution is 2.43. The van der Waals surface area contributed by atoms with Gasteiger partial charge < -0.3 is 25.2 Å². The van der Waals surface area contributed by atoms with Crippen LogP contribution in [-0.4, -0.2) is 69.5 Å². The Bertz CT molecular complexity index is 1100. The molecule has 0 saturated carbocycles. The summed E-state index contributed by atoms with van der Waals surface area (Å²) in [6.45, 7) is 3.52. The van der Waals surface area contributed by atoms with Crippen LogP contribution in [0, 0.1) is 0 Å². The van der Waals surface area contributed by atoms with E-state index in [9.17, 15) is 19.5 Å². The molecule has 1 aromatic heterocycles. The van der Waals surface area contributed by atoms with Gasteiger partial charge >= 0.3 is 5.69 Å². The third-order valence-corrected chi connectivity index (χ3v) is 6.59. The topological polar surface area (TPSA) is 140 Å². The number of aromatic amines is 1. The van der Waals surface area contributed by atoms with Crippen molar-refractivity contribution in [2.45, 2.75) is 43.4 Å². The third-order valence-electron chi connectivity index (χ3n) is 6.59. The van der Waals surface area contributed by atoms with E-state index in [0.717, 1.165) is 0 Å². The van der Waals surface area contributed by atoms with E-state index in [-0.39, 0.29) is 12.5 Å². The molecule has 2 aromatic rings. The standard InChI is InChI=1S/C23H30N4O6/c1-22(31)15-33-23(14-18(22)27-10-6-19(28)25-21(27)30)7-11-26(12-8-23)20(29)16-2-4-17(5-3-16)32-13-9-24/h2-6,10,18,31H,7-9,11-15,24H2,1H3,(H,25,28,30)/t18-,22-/m0/s1. The molecule has 0 aliphatic carbocycles. The molecule has 0 unspecified atom stereocenters. The van der Waals surface area contributed by atoms with Gasteiger partial charge in [0.2, 0.25) is 0 Å².